The Kier molecular flexibility index (Phi) is 4.63. The lowest BCUT2D eigenvalue weighted by molar-refractivity contribution is 1.61. The van der Waals surface area contributed by atoms with E-state index in [1.807, 2.05) is 12.1 Å². The average molecular weight is 282 g/mol. The third kappa shape index (κ3) is 3.83. The molecule has 0 saturated carbocycles. The number of benzene rings is 3. The summed E-state index contributed by atoms with van der Waals surface area (Å²) >= 11 is 0. The summed E-state index contributed by atoms with van der Waals surface area (Å²) in [6.45, 7) is 0. The lowest BCUT2D eigenvalue weighted by atomic mass is 10.0. The van der Waals surface area contributed by atoms with Crippen LogP contribution in [0.25, 0.3) is 24.3 Å². The molecule has 3 rings (SSSR count). The molecule has 106 valence electrons. The smallest absolute Gasteiger partial charge is 0.0184 e. The summed E-state index contributed by atoms with van der Waals surface area (Å²) in [5.41, 5.74) is 4.87. The van der Waals surface area contributed by atoms with E-state index in [1.54, 1.807) is 0 Å². The van der Waals surface area contributed by atoms with Crippen LogP contribution in [0.5, 0.6) is 0 Å². The van der Waals surface area contributed by atoms with Gasteiger partial charge in [-0.2, -0.15) is 0 Å². The fourth-order valence-corrected chi connectivity index (χ4v) is 2.31. The van der Waals surface area contributed by atoms with Crippen LogP contribution < -0.4 is 0 Å². The Morgan fingerprint density at radius 2 is 0.727 bits per heavy atom. The molecule has 22 heavy (non-hydrogen) atoms. The molecule has 0 fully saturated rings. The number of rotatable bonds is 4. The third-order valence-electron chi connectivity index (χ3n) is 3.51. The van der Waals surface area contributed by atoms with Crippen molar-refractivity contribution in [3.05, 3.63) is 107 Å². The van der Waals surface area contributed by atoms with Crippen molar-refractivity contribution in [3.63, 3.8) is 0 Å². The largest absolute Gasteiger partial charge is 0.0622 e. The van der Waals surface area contributed by atoms with E-state index in [9.17, 15) is 0 Å². The summed E-state index contributed by atoms with van der Waals surface area (Å²) in [4.78, 5) is 0. The number of hydrogen-bond acceptors (Lipinski definition) is 0. The average Bonchev–Trinajstić information content (AvgIpc) is 2.61. The Labute approximate surface area is 132 Å². The molecule has 0 radical (unpaired) electrons. The molecule has 0 aliphatic carbocycles. The van der Waals surface area contributed by atoms with Gasteiger partial charge in [-0.15, -0.1) is 0 Å². The maximum absolute atomic E-state index is 2.17. The van der Waals surface area contributed by atoms with Crippen LogP contribution in [0.1, 0.15) is 22.3 Å². The summed E-state index contributed by atoms with van der Waals surface area (Å²) in [6, 6.07) is 29.2. The van der Waals surface area contributed by atoms with Crippen LogP contribution in [-0.4, -0.2) is 0 Å². The molecule has 0 unspecified atom stereocenters. The third-order valence-corrected chi connectivity index (χ3v) is 3.51. The van der Waals surface area contributed by atoms with Gasteiger partial charge in [0.1, 0.15) is 0 Å². The summed E-state index contributed by atoms with van der Waals surface area (Å²) in [7, 11) is 0. The van der Waals surface area contributed by atoms with Crippen molar-refractivity contribution in [2.45, 2.75) is 0 Å². The van der Waals surface area contributed by atoms with E-state index in [-0.39, 0.29) is 0 Å². The molecular formula is C22H18. The zero-order chi connectivity index (χ0) is 15.0. The first-order valence-corrected chi connectivity index (χ1v) is 7.47. The molecule has 0 heteroatoms. The second kappa shape index (κ2) is 7.24. The predicted octanol–water partition coefficient (Wildman–Crippen LogP) is 6.03. The molecule has 0 bridgehead atoms. The second-order valence-corrected chi connectivity index (χ2v) is 5.12. The first kappa shape index (κ1) is 14.1. The lowest BCUT2D eigenvalue weighted by Gasteiger charge is -2.01. The van der Waals surface area contributed by atoms with Crippen molar-refractivity contribution >= 4 is 24.3 Å². The summed E-state index contributed by atoms with van der Waals surface area (Å²) < 4.78 is 0. The standard InChI is InChI=1S/C22H18/c1-3-9-19(10-4-1)15-17-21-13-7-8-14-22(21)18-16-20-11-5-2-6-12-20/h1-18H/b17-15-,18-16+. The van der Waals surface area contributed by atoms with Crippen molar-refractivity contribution in [3.8, 4) is 0 Å². The minimum atomic E-state index is 1.21. The van der Waals surface area contributed by atoms with Crippen LogP contribution >= 0.6 is 0 Å². The van der Waals surface area contributed by atoms with Crippen LogP contribution in [-0.2, 0) is 0 Å². The molecule has 0 aliphatic heterocycles. The number of hydrogen-bond donors (Lipinski definition) is 0. The van der Waals surface area contributed by atoms with E-state index in [2.05, 4.69) is 97.1 Å². The van der Waals surface area contributed by atoms with Crippen molar-refractivity contribution in [1.82, 2.24) is 0 Å². The van der Waals surface area contributed by atoms with Gasteiger partial charge in [-0.1, -0.05) is 109 Å². The molecule has 0 spiro atoms. The van der Waals surface area contributed by atoms with E-state index < -0.39 is 0 Å². The van der Waals surface area contributed by atoms with E-state index in [1.165, 1.54) is 22.3 Å². The molecule has 0 saturated heterocycles. The Bertz CT molecular complexity index is 697. The van der Waals surface area contributed by atoms with Crippen LogP contribution in [0.15, 0.2) is 84.9 Å². The van der Waals surface area contributed by atoms with Gasteiger partial charge in [-0.25, -0.2) is 0 Å². The van der Waals surface area contributed by atoms with Crippen molar-refractivity contribution in [2.24, 2.45) is 0 Å². The zero-order valence-electron chi connectivity index (χ0n) is 12.4. The zero-order valence-corrected chi connectivity index (χ0v) is 12.4. The second-order valence-electron chi connectivity index (χ2n) is 5.12. The highest BCUT2D eigenvalue weighted by Gasteiger charge is 1.94. The van der Waals surface area contributed by atoms with Crippen LogP contribution in [0, 0.1) is 0 Å². The molecule has 0 atom stereocenters. The van der Waals surface area contributed by atoms with E-state index in [4.69, 9.17) is 0 Å². The van der Waals surface area contributed by atoms with E-state index >= 15 is 0 Å². The minimum Gasteiger partial charge on any atom is -0.0622 e. The van der Waals surface area contributed by atoms with E-state index in [0.29, 0.717) is 0 Å². The molecule has 0 N–H and O–H groups in total. The molecule has 0 amide bonds. The first-order valence-electron chi connectivity index (χ1n) is 7.47. The van der Waals surface area contributed by atoms with Gasteiger partial charge in [-0.3, -0.25) is 0 Å². The van der Waals surface area contributed by atoms with E-state index in [0.717, 1.165) is 0 Å². The minimum absolute atomic E-state index is 1.21. The summed E-state index contributed by atoms with van der Waals surface area (Å²) in [5, 5.41) is 0. The maximum Gasteiger partial charge on any atom is -0.0184 e. The van der Waals surface area contributed by atoms with Gasteiger partial charge in [0.2, 0.25) is 0 Å². The Morgan fingerprint density at radius 3 is 1.14 bits per heavy atom. The Balaban J connectivity index is 1.84. The normalized spacial score (nSPS) is 11.3. The van der Waals surface area contributed by atoms with Gasteiger partial charge < -0.3 is 0 Å². The predicted molar refractivity (Wildman–Crippen MR) is 97.2 cm³/mol. The Hall–Kier alpha value is -2.86. The van der Waals surface area contributed by atoms with Crippen LogP contribution in [0.4, 0.5) is 0 Å². The van der Waals surface area contributed by atoms with Crippen molar-refractivity contribution in [1.29, 1.82) is 0 Å². The summed E-state index contributed by atoms with van der Waals surface area (Å²) in [5.74, 6) is 0. The molecule has 0 nitrogen and oxygen atoms in total. The molecule has 0 heterocycles. The SMILES string of the molecule is C(=C/c1ccccc1/C=C/c1ccccc1)/c1ccccc1. The monoisotopic (exact) mass is 282 g/mol. The van der Waals surface area contributed by atoms with Crippen LogP contribution in [0.3, 0.4) is 0 Å². The molecule has 0 aromatic heterocycles. The fourth-order valence-electron chi connectivity index (χ4n) is 2.31. The first-order chi connectivity index (χ1) is 10.9. The van der Waals surface area contributed by atoms with Gasteiger partial charge in [0.05, 0.1) is 0 Å². The molecule has 3 aromatic carbocycles. The highest BCUT2D eigenvalue weighted by atomic mass is 14.0. The highest BCUT2D eigenvalue weighted by Crippen LogP contribution is 2.16. The quantitative estimate of drug-likeness (QED) is 0.513. The summed E-state index contributed by atoms with van der Waals surface area (Å²) in [6.07, 6.45) is 8.63. The fraction of sp³-hybridized carbons (Fsp3) is 0. The Morgan fingerprint density at radius 1 is 0.364 bits per heavy atom. The maximum atomic E-state index is 2.17. The molecule has 0 aliphatic rings. The van der Waals surface area contributed by atoms with Crippen molar-refractivity contribution in [2.75, 3.05) is 0 Å². The lowest BCUT2D eigenvalue weighted by Crippen LogP contribution is -1.80. The topological polar surface area (TPSA) is 0 Å². The van der Waals surface area contributed by atoms with Crippen LogP contribution in [0.2, 0.25) is 0 Å². The van der Waals surface area contributed by atoms with Gasteiger partial charge in [0.25, 0.3) is 0 Å². The van der Waals surface area contributed by atoms with Gasteiger partial charge in [-0.05, 0) is 22.3 Å². The van der Waals surface area contributed by atoms with Crippen molar-refractivity contribution < 1.29 is 0 Å². The molecular weight excluding hydrogens is 264 g/mol. The van der Waals surface area contributed by atoms with Gasteiger partial charge >= 0.3 is 0 Å². The van der Waals surface area contributed by atoms with Gasteiger partial charge in [0, 0.05) is 0 Å². The highest BCUT2D eigenvalue weighted by molar-refractivity contribution is 5.79. The molecule has 3 aromatic rings. The van der Waals surface area contributed by atoms with Gasteiger partial charge in [0.15, 0.2) is 0 Å².